The molecule has 17 heavy (non-hydrogen) atoms. The molecule has 2 unspecified atom stereocenters. The number of rotatable bonds is 3. The Labute approximate surface area is 102 Å². The van der Waals surface area contributed by atoms with Crippen molar-refractivity contribution in [3.63, 3.8) is 0 Å². The first-order valence-corrected chi connectivity index (χ1v) is 6.03. The monoisotopic (exact) mass is 231 g/mol. The van der Waals surface area contributed by atoms with Gasteiger partial charge in [-0.05, 0) is 38.4 Å². The second kappa shape index (κ2) is 5.65. The van der Waals surface area contributed by atoms with Gasteiger partial charge in [0.05, 0.1) is 0 Å². The number of hydrogen-bond acceptors (Lipinski definition) is 4. The Morgan fingerprint density at radius 2 is 2.53 bits per heavy atom. The molecule has 1 aromatic heterocycles. The summed E-state index contributed by atoms with van der Waals surface area (Å²) in [5, 5.41) is 12.3. The summed E-state index contributed by atoms with van der Waals surface area (Å²) in [5.74, 6) is 0.949. The van der Waals surface area contributed by atoms with Gasteiger partial charge in [-0.3, -0.25) is 0 Å². The maximum atomic E-state index is 8.96. The van der Waals surface area contributed by atoms with E-state index in [-0.39, 0.29) is 6.10 Å². The maximum Gasteiger partial charge on any atom is 0.231 e. The second-order valence-electron chi connectivity index (χ2n) is 4.40. The highest BCUT2D eigenvalue weighted by atomic mass is 16.5. The lowest BCUT2D eigenvalue weighted by Gasteiger charge is -2.28. The van der Waals surface area contributed by atoms with E-state index in [1.54, 1.807) is 18.3 Å². The summed E-state index contributed by atoms with van der Waals surface area (Å²) in [4.78, 5) is 4.12. The molecule has 1 aromatic rings. The largest absolute Gasteiger partial charge is 0.473 e. The normalized spacial score (nSPS) is 21.5. The third kappa shape index (κ3) is 2.95. The third-order valence-corrected chi connectivity index (χ3v) is 3.19. The highest BCUT2D eigenvalue weighted by Crippen LogP contribution is 2.21. The van der Waals surface area contributed by atoms with E-state index >= 15 is 0 Å². The summed E-state index contributed by atoms with van der Waals surface area (Å²) in [5.41, 5.74) is 0.503. The van der Waals surface area contributed by atoms with Crippen LogP contribution in [0.2, 0.25) is 0 Å². The van der Waals surface area contributed by atoms with Gasteiger partial charge < -0.3 is 10.1 Å². The zero-order chi connectivity index (χ0) is 12.1. The summed E-state index contributed by atoms with van der Waals surface area (Å²) < 4.78 is 5.80. The minimum atomic E-state index is 0.0878. The molecule has 4 nitrogen and oxygen atoms in total. The first kappa shape index (κ1) is 11.9. The molecule has 2 heterocycles. The number of ether oxygens (including phenoxy) is 1. The highest BCUT2D eigenvalue weighted by molar-refractivity contribution is 5.37. The number of nitrogens with one attached hydrogen (secondary N) is 1. The van der Waals surface area contributed by atoms with E-state index in [2.05, 4.69) is 16.4 Å². The molecular formula is C13H17N3O. The first-order chi connectivity index (χ1) is 8.31. The molecule has 0 saturated carbocycles. The van der Waals surface area contributed by atoms with Gasteiger partial charge in [0.15, 0.2) is 0 Å². The van der Waals surface area contributed by atoms with Gasteiger partial charge in [0.2, 0.25) is 5.88 Å². The van der Waals surface area contributed by atoms with Crippen LogP contribution < -0.4 is 10.1 Å². The fourth-order valence-corrected chi connectivity index (χ4v) is 2.12. The number of nitriles is 1. The van der Waals surface area contributed by atoms with Crippen molar-refractivity contribution in [2.24, 2.45) is 5.92 Å². The lowest BCUT2D eigenvalue weighted by atomic mass is 9.95. The van der Waals surface area contributed by atoms with Gasteiger partial charge in [0, 0.05) is 18.7 Å². The van der Waals surface area contributed by atoms with Crippen LogP contribution in [0.5, 0.6) is 5.88 Å². The van der Waals surface area contributed by atoms with Gasteiger partial charge in [-0.1, -0.05) is 0 Å². The number of aromatic nitrogens is 1. The van der Waals surface area contributed by atoms with E-state index < -0.39 is 0 Å². The molecule has 1 aliphatic heterocycles. The van der Waals surface area contributed by atoms with E-state index in [1.807, 2.05) is 6.92 Å². The molecule has 0 aliphatic carbocycles. The molecule has 0 radical (unpaired) electrons. The average Bonchev–Trinajstić information content (AvgIpc) is 2.40. The molecule has 0 aromatic carbocycles. The average molecular weight is 231 g/mol. The molecule has 1 aliphatic rings. The van der Waals surface area contributed by atoms with Crippen LogP contribution in [0.4, 0.5) is 0 Å². The predicted octanol–water partition coefficient (Wildman–Crippen LogP) is 1.72. The van der Waals surface area contributed by atoms with E-state index in [1.165, 1.54) is 12.8 Å². The van der Waals surface area contributed by atoms with Gasteiger partial charge in [-0.2, -0.15) is 5.26 Å². The van der Waals surface area contributed by atoms with E-state index in [4.69, 9.17) is 10.00 Å². The minimum Gasteiger partial charge on any atom is -0.473 e. The van der Waals surface area contributed by atoms with Crippen molar-refractivity contribution >= 4 is 0 Å². The van der Waals surface area contributed by atoms with Crippen molar-refractivity contribution in [3.8, 4) is 11.9 Å². The van der Waals surface area contributed by atoms with Crippen LogP contribution in [-0.4, -0.2) is 24.2 Å². The van der Waals surface area contributed by atoms with E-state index in [9.17, 15) is 0 Å². The van der Waals surface area contributed by atoms with Crippen LogP contribution in [0.1, 0.15) is 25.3 Å². The second-order valence-corrected chi connectivity index (χ2v) is 4.40. The SMILES string of the molecule is CC(Oc1ncccc1C#N)C1CCCNC1. The fourth-order valence-electron chi connectivity index (χ4n) is 2.12. The quantitative estimate of drug-likeness (QED) is 0.860. The van der Waals surface area contributed by atoms with Crippen molar-refractivity contribution in [3.05, 3.63) is 23.9 Å². The molecule has 2 rings (SSSR count). The van der Waals surface area contributed by atoms with Crippen LogP contribution >= 0.6 is 0 Å². The molecule has 2 atom stereocenters. The van der Waals surface area contributed by atoms with Crippen LogP contribution in [0.25, 0.3) is 0 Å². The molecule has 0 spiro atoms. The molecule has 4 heteroatoms. The molecule has 1 saturated heterocycles. The van der Waals surface area contributed by atoms with Crippen molar-refractivity contribution < 1.29 is 4.74 Å². The zero-order valence-electron chi connectivity index (χ0n) is 10.0. The van der Waals surface area contributed by atoms with Crippen LogP contribution in [0.3, 0.4) is 0 Å². The zero-order valence-corrected chi connectivity index (χ0v) is 10.0. The smallest absolute Gasteiger partial charge is 0.231 e. The lowest BCUT2D eigenvalue weighted by molar-refractivity contribution is 0.126. The highest BCUT2D eigenvalue weighted by Gasteiger charge is 2.22. The topological polar surface area (TPSA) is 57.9 Å². The molecule has 1 N–H and O–H groups in total. The summed E-state index contributed by atoms with van der Waals surface area (Å²) in [6.07, 6.45) is 4.10. The van der Waals surface area contributed by atoms with Crippen LogP contribution in [0, 0.1) is 17.2 Å². The third-order valence-electron chi connectivity index (χ3n) is 3.19. The Hall–Kier alpha value is -1.60. The maximum absolute atomic E-state index is 8.96. The summed E-state index contributed by atoms with van der Waals surface area (Å²) in [6.45, 7) is 4.12. The van der Waals surface area contributed by atoms with Gasteiger partial charge in [0.1, 0.15) is 17.7 Å². The fraction of sp³-hybridized carbons (Fsp3) is 0.538. The van der Waals surface area contributed by atoms with Crippen molar-refractivity contribution in [2.75, 3.05) is 13.1 Å². The molecular weight excluding hydrogens is 214 g/mol. The van der Waals surface area contributed by atoms with Gasteiger partial charge in [0.25, 0.3) is 0 Å². The Balaban J connectivity index is 2.02. The minimum absolute atomic E-state index is 0.0878. The Morgan fingerprint density at radius 3 is 3.24 bits per heavy atom. The van der Waals surface area contributed by atoms with Crippen molar-refractivity contribution in [2.45, 2.75) is 25.9 Å². The molecule has 90 valence electrons. The lowest BCUT2D eigenvalue weighted by Crippen LogP contribution is -2.38. The first-order valence-electron chi connectivity index (χ1n) is 6.03. The number of hydrogen-bond donors (Lipinski definition) is 1. The van der Waals surface area contributed by atoms with E-state index in [0.29, 0.717) is 17.4 Å². The van der Waals surface area contributed by atoms with E-state index in [0.717, 1.165) is 13.1 Å². The Morgan fingerprint density at radius 1 is 1.65 bits per heavy atom. The van der Waals surface area contributed by atoms with Crippen molar-refractivity contribution in [1.29, 1.82) is 5.26 Å². The summed E-state index contributed by atoms with van der Waals surface area (Å²) >= 11 is 0. The number of pyridine rings is 1. The standard InChI is InChI=1S/C13H17N3O/c1-10(12-5-2-6-15-9-12)17-13-11(8-14)4-3-7-16-13/h3-4,7,10,12,15H,2,5-6,9H2,1H3. The number of nitrogens with zero attached hydrogens (tertiary/aromatic N) is 2. The summed E-state index contributed by atoms with van der Waals surface area (Å²) in [7, 11) is 0. The predicted molar refractivity (Wildman–Crippen MR) is 64.6 cm³/mol. The van der Waals surface area contributed by atoms with Crippen LogP contribution in [0.15, 0.2) is 18.3 Å². The Bertz CT molecular complexity index is 407. The van der Waals surface area contributed by atoms with Gasteiger partial charge in [-0.25, -0.2) is 4.98 Å². The summed E-state index contributed by atoms with van der Waals surface area (Å²) in [6, 6.07) is 5.58. The van der Waals surface area contributed by atoms with Gasteiger partial charge >= 0.3 is 0 Å². The molecule has 0 amide bonds. The van der Waals surface area contributed by atoms with Crippen LogP contribution in [-0.2, 0) is 0 Å². The van der Waals surface area contributed by atoms with Crippen molar-refractivity contribution in [1.82, 2.24) is 10.3 Å². The molecule has 0 bridgehead atoms. The Kier molecular flexibility index (Phi) is 3.94. The number of piperidine rings is 1. The molecule has 1 fully saturated rings. The van der Waals surface area contributed by atoms with Gasteiger partial charge in [-0.15, -0.1) is 0 Å².